The number of benzene rings is 1. The minimum Gasteiger partial charge on any atom is -0.367 e. The van der Waals surface area contributed by atoms with Crippen LogP contribution in [0.25, 0.3) is 10.9 Å². The number of rotatable bonds is 8. The molecule has 0 spiro atoms. The first kappa shape index (κ1) is 30.3. The Labute approximate surface area is 257 Å². The molecule has 0 bridgehead atoms. The summed E-state index contributed by atoms with van der Waals surface area (Å²) in [5, 5.41) is 21.5. The maximum atomic E-state index is 13.5. The second kappa shape index (κ2) is 12.6. The van der Waals surface area contributed by atoms with Gasteiger partial charge in [0, 0.05) is 55.4 Å². The van der Waals surface area contributed by atoms with Crippen LogP contribution < -0.4 is 15.1 Å². The highest BCUT2D eigenvalue weighted by Gasteiger charge is 2.33. The highest BCUT2D eigenvalue weighted by atomic mass is 35.5. The minimum atomic E-state index is -0.286. The molecule has 4 heterocycles. The maximum absolute atomic E-state index is 13.5. The number of nitrogens with one attached hydrogen (secondary N) is 2. The van der Waals surface area contributed by atoms with Crippen LogP contribution in [-0.2, 0) is 17.8 Å². The van der Waals surface area contributed by atoms with Crippen molar-refractivity contribution >= 4 is 45.7 Å². The van der Waals surface area contributed by atoms with E-state index in [1.807, 2.05) is 45.0 Å². The number of hydrogen-bond acceptors (Lipinski definition) is 8. The molecule has 2 aliphatic rings. The van der Waals surface area contributed by atoms with E-state index in [0.29, 0.717) is 56.4 Å². The number of carbonyl (C=O) groups is 2. The minimum absolute atomic E-state index is 0.0748. The first-order valence-corrected chi connectivity index (χ1v) is 14.9. The second-order valence-electron chi connectivity index (χ2n) is 11.6. The standard InChI is InChI=1S/C31H38ClN9O2/c1-6-28(42)41-12-11-39(17-21(41)7-9-33)27-14-25(31(43)35-20(3)16-38(4)5)36-26-18-40(10-8-22(26)27)30-23-15-34-37-24(23)13-19(2)29(30)32/h6,13-15,20-21H,1,7-8,10-12,16-18H2,2-5H3,(H,34,37)(H,35,43). The molecule has 2 unspecified atom stereocenters. The summed E-state index contributed by atoms with van der Waals surface area (Å²) in [6.07, 6.45) is 3.99. The van der Waals surface area contributed by atoms with Gasteiger partial charge >= 0.3 is 0 Å². The van der Waals surface area contributed by atoms with Crippen LogP contribution in [0, 0.1) is 18.3 Å². The molecular weight excluding hydrogens is 566 g/mol. The number of halogens is 1. The van der Waals surface area contributed by atoms with Crippen LogP contribution in [0.4, 0.5) is 11.4 Å². The van der Waals surface area contributed by atoms with Crippen molar-refractivity contribution < 1.29 is 9.59 Å². The number of piperazine rings is 1. The number of pyridine rings is 1. The molecule has 2 amide bonds. The fourth-order valence-corrected chi connectivity index (χ4v) is 6.53. The monoisotopic (exact) mass is 603 g/mol. The predicted molar refractivity (Wildman–Crippen MR) is 168 cm³/mol. The predicted octanol–water partition coefficient (Wildman–Crippen LogP) is 3.28. The number of aromatic amines is 1. The van der Waals surface area contributed by atoms with Crippen molar-refractivity contribution in [3.8, 4) is 6.07 Å². The van der Waals surface area contributed by atoms with Crippen molar-refractivity contribution in [1.82, 2.24) is 30.3 Å². The summed E-state index contributed by atoms with van der Waals surface area (Å²) in [6, 6.07) is 5.73. The summed E-state index contributed by atoms with van der Waals surface area (Å²) in [4.78, 5) is 39.1. The Bertz CT molecular complexity index is 1590. The van der Waals surface area contributed by atoms with Gasteiger partial charge < -0.3 is 24.9 Å². The molecule has 226 valence electrons. The third kappa shape index (κ3) is 6.17. The normalized spacial score (nSPS) is 17.5. The smallest absolute Gasteiger partial charge is 0.270 e. The Morgan fingerprint density at radius 3 is 2.81 bits per heavy atom. The van der Waals surface area contributed by atoms with E-state index in [1.54, 1.807) is 11.1 Å². The summed E-state index contributed by atoms with van der Waals surface area (Å²) in [7, 11) is 3.93. The topological polar surface area (TPSA) is 124 Å². The molecule has 1 aromatic carbocycles. The van der Waals surface area contributed by atoms with Crippen LogP contribution in [-0.4, -0.2) is 95.7 Å². The van der Waals surface area contributed by atoms with E-state index in [1.165, 1.54) is 6.08 Å². The number of hydrogen-bond donors (Lipinski definition) is 2. The van der Waals surface area contributed by atoms with Gasteiger partial charge in [-0.05, 0) is 58.1 Å². The van der Waals surface area contributed by atoms with Crippen LogP contribution in [0.2, 0.25) is 5.02 Å². The molecule has 5 rings (SSSR count). The van der Waals surface area contributed by atoms with Crippen molar-refractivity contribution in [2.24, 2.45) is 0 Å². The first-order valence-electron chi connectivity index (χ1n) is 14.5. The Kier molecular flexibility index (Phi) is 8.89. The maximum Gasteiger partial charge on any atom is 0.270 e. The van der Waals surface area contributed by atoms with E-state index in [9.17, 15) is 14.9 Å². The van der Waals surface area contributed by atoms with Gasteiger partial charge in [-0.25, -0.2) is 4.98 Å². The Hall–Kier alpha value is -4.14. The zero-order valence-corrected chi connectivity index (χ0v) is 25.9. The van der Waals surface area contributed by atoms with Gasteiger partial charge in [-0.1, -0.05) is 18.2 Å². The number of nitrogens with zero attached hydrogens (tertiary/aromatic N) is 7. The number of fused-ring (bicyclic) bond motifs is 2. The van der Waals surface area contributed by atoms with Crippen LogP contribution in [0.3, 0.4) is 0 Å². The number of carbonyl (C=O) groups excluding carboxylic acids is 2. The third-order valence-electron chi connectivity index (χ3n) is 8.17. The Morgan fingerprint density at radius 2 is 2.09 bits per heavy atom. The molecule has 11 nitrogen and oxygen atoms in total. The highest BCUT2D eigenvalue weighted by Crippen LogP contribution is 2.40. The molecule has 0 aliphatic carbocycles. The van der Waals surface area contributed by atoms with E-state index in [2.05, 4.69) is 38.0 Å². The molecule has 3 aromatic rings. The zero-order valence-electron chi connectivity index (χ0n) is 25.2. The molecule has 12 heteroatoms. The van der Waals surface area contributed by atoms with Crippen LogP contribution in [0.5, 0.6) is 0 Å². The number of aromatic nitrogens is 3. The molecule has 0 radical (unpaired) electrons. The lowest BCUT2D eigenvalue weighted by Crippen LogP contribution is -2.55. The highest BCUT2D eigenvalue weighted by molar-refractivity contribution is 6.35. The largest absolute Gasteiger partial charge is 0.367 e. The van der Waals surface area contributed by atoms with Crippen molar-refractivity contribution in [3.05, 3.63) is 58.5 Å². The van der Waals surface area contributed by atoms with E-state index in [-0.39, 0.29) is 30.3 Å². The van der Waals surface area contributed by atoms with Gasteiger partial charge in [0.25, 0.3) is 5.91 Å². The number of H-pyrrole nitrogens is 1. The fraction of sp³-hybridized carbons (Fsp3) is 0.452. The Morgan fingerprint density at radius 1 is 1.30 bits per heavy atom. The van der Waals surface area contributed by atoms with Crippen molar-refractivity contribution in [2.45, 2.75) is 45.3 Å². The lowest BCUT2D eigenvalue weighted by atomic mass is 9.98. The summed E-state index contributed by atoms with van der Waals surface area (Å²) >= 11 is 6.87. The summed E-state index contributed by atoms with van der Waals surface area (Å²) < 4.78 is 0. The molecule has 2 aromatic heterocycles. The fourth-order valence-electron chi connectivity index (χ4n) is 6.25. The number of anilines is 2. The molecule has 43 heavy (non-hydrogen) atoms. The van der Waals surface area contributed by atoms with Gasteiger partial charge in [0.15, 0.2) is 0 Å². The first-order chi connectivity index (χ1) is 20.6. The third-order valence-corrected chi connectivity index (χ3v) is 8.65. The molecule has 2 N–H and O–H groups in total. The average molecular weight is 604 g/mol. The van der Waals surface area contributed by atoms with Crippen molar-refractivity contribution in [3.63, 3.8) is 0 Å². The lowest BCUT2D eigenvalue weighted by molar-refractivity contribution is -0.128. The zero-order chi connectivity index (χ0) is 30.8. The van der Waals surface area contributed by atoms with Gasteiger partial charge in [-0.3, -0.25) is 14.7 Å². The van der Waals surface area contributed by atoms with E-state index in [4.69, 9.17) is 16.6 Å². The van der Waals surface area contributed by atoms with Crippen LogP contribution in [0.1, 0.15) is 40.7 Å². The number of amides is 2. The van der Waals surface area contributed by atoms with Crippen LogP contribution in [0.15, 0.2) is 31.0 Å². The van der Waals surface area contributed by atoms with E-state index in [0.717, 1.165) is 39.1 Å². The molecule has 2 atom stereocenters. The SMILES string of the molecule is C=CC(=O)N1CCN(c2cc(C(=O)NC(C)CN(C)C)nc3c2CCN(c2c(Cl)c(C)cc4[nH]ncc24)C3)CC1CC#N. The number of likely N-dealkylation sites (N-methyl/N-ethyl adjacent to an activating group) is 1. The molecule has 1 fully saturated rings. The summed E-state index contributed by atoms with van der Waals surface area (Å²) in [6.45, 7) is 10.9. The van der Waals surface area contributed by atoms with Gasteiger partial charge in [0.05, 0.1) is 53.2 Å². The molecule has 0 saturated carbocycles. The molecule has 2 aliphatic heterocycles. The molecule has 1 saturated heterocycles. The number of nitriles is 1. The second-order valence-corrected chi connectivity index (χ2v) is 12.0. The Balaban J connectivity index is 1.54. The van der Waals surface area contributed by atoms with Crippen LogP contribution >= 0.6 is 11.6 Å². The van der Waals surface area contributed by atoms with Crippen molar-refractivity contribution in [1.29, 1.82) is 5.26 Å². The van der Waals surface area contributed by atoms with E-state index >= 15 is 0 Å². The summed E-state index contributed by atoms with van der Waals surface area (Å²) in [5.41, 5.74) is 5.91. The summed E-state index contributed by atoms with van der Waals surface area (Å²) in [5.74, 6) is -0.418. The van der Waals surface area contributed by atoms with Gasteiger partial charge in [-0.2, -0.15) is 10.4 Å². The van der Waals surface area contributed by atoms with Gasteiger partial charge in [-0.15, -0.1) is 0 Å². The van der Waals surface area contributed by atoms with Gasteiger partial charge in [0.2, 0.25) is 5.91 Å². The van der Waals surface area contributed by atoms with Gasteiger partial charge in [0.1, 0.15) is 5.69 Å². The molecular formula is C31H38ClN9O2. The van der Waals surface area contributed by atoms with Crippen molar-refractivity contribution in [2.75, 3.05) is 56.6 Å². The van der Waals surface area contributed by atoms with E-state index < -0.39 is 0 Å². The average Bonchev–Trinajstić information content (AvgIpc) is 3.43. The number of aryl methyl sites for hydroxylation is 1. The quantitative estimate of drug-likeness (QED) is 0.376. The lowest BCUT2D eigenvalue weighted by Gasteiger charge is -2.43.